The largest absolute Gasteiger partial charge is 0.435 e. The summed E-state index contributed by atoms with van der Waals surface area (Å²) in [6, 6.07) is 11.4. The van der Waals surface area contributed by atoms with Crippen molar-refractivity contribution in [2.24, 2.45) is 0 Å². The fourth-order valence-electron chi connectivity index (χ4n) is 1.70. The predicted octanol–water partition coefficient (Wildman–Crippen LogP) is 3.74. The average Bonchev–Trinajstić information content (AvgIpc) is 2.49. The van der Waals surface area contributed by atoms with E-state index >= 15 is 0 Å². The molecule has 2 rings (SSSR count). The molecule has 0 saturated carbocycles. The maximum Gasteiger partial charge on any atom is 0.387 e. The minimum atomic E-state index is -2.90. The summed E-state index contributed by atoms with van der Waals surface area (Å²) in [5.41, 5.74) is 1.30. The van der Waals surface area contributed by atoms with E-state index < -0.39 is 12.6 Å². The number of carbonyl (C=O) groups is 2. The van der Waals surface area contributed by atoms with E-state index in [0.29, 0.717) is 23.2 Å². The highest BCUT2D eigenvalue weighted by Crippen LogP contribution is 2.18. The number of hydrogen-bond acceptors (Lipinski definition) is 3. The van der Waals surface area contributed by atoms with Crippen molar-refractivity contribution in [3.8, 4) is 5.75 Å². The number of aldehydes is 1. The molecule has 0 bridgehead atoms. The summed E-state index contributed by atoms with van der Waals surface area (Å²) < 4.78 is 28.2. The van der Waals surface area contributed by atoms with E-state index in [-0.39, 0.29) is 5.75 Å². The molecule has 0 atom stereocenters. The lowest BCUT2D eigenvalue weighted by atomic mass is 10.2. The van der Waals surface area contributed by atoms with Crippen molar-refractivity contribution in [2.45, 2.75) is 6.61 Å². The normalized spacial score (nSPS) is 10.1. The Kier molecular flexibility index (Phi) is 5.02. The van der Waals surface area contributed by atoms with Crippen LogP contribution in [0, 0.1) is 0 Å². The van der Waals surface area contributed by atoms with Gasteiger partial charge in [-0.15, -0.1) is 0 Å². The number of ether oxygens (including phenoxy) is 1. The molecule has 5 nitrogen and oxygen atoms in total. The van der Waals surface area contributed by atoms with Gasteiger partial charge in [-0.25, -0.2) is 4.79 Å². The molecule has 0 unspecified atom stereocenters. The van der Waals surface area contributed by atoms with Gasteiger partial charge in [0, 0.05) is 16.9 Å². The molecule has 0 saturated heterocycles. The SMILES string of the molecule is O=Cc1cccc(NC(=O)Nc2ccc(OC(F)F)cc2)c1. The summed E-state index contributed by atoms with van der Waals surface area (Å²) >= 11 is 0. The monoisotopic (exact) mass is 306 g/mol. The Hall–Kier alpha value is -2.96. The smallest absolute Gasteiger partial charge is 0.387 e. The van der Waals surface area contributed by atoms with Crippen LogP contribution in [0.15, 0.2) is 48.5 Å². The van der Waals surface area contributed by atoms with Crippen LogP contribution in [-0.4, -0.2) is 18.9 Å². The van der Waals surface area contributed by atoms with E-state index in [1.807, 2.05) is 0 Å². The quantitative estimate of drug-likeness (QED) is 0.827. The van der Waals surface area contributed by atoms with Crippen LogP contribution < -0.4 is 15.4 Å². The molecule has 0 aromatic heterocycles. The Bertz CT molecular complexity index is 660. The zero-order chi connectivity index (χ0) is 15.9. The lowest BCUT2D eigenvalue weighted by Crippen LogP contribution is -2.19. The number of amides is 2. The number of halogens is 2. The van der Waals surface area contributed by atoms with Gasteiger partial charge in [0.05, 0.1) is 0 Å². The number of urea groups is 1. The fourth-order valence-corrected chi connectivity index (χ4v) is 1.70. The second-order valence-electron chi connectivity index (χ2n) is 4.23. The molecule has 0 aliphatic heterocycles. The molecule has 7 heteroatoms. The topological polar surface area (TPSA) is 67.4 Å². The number of carbonyl (C=O) groups excluding carboxylic acids is 2. The van der Waals surface area contributed by atoms with Gasteiger partial charge in [0.15, 0.2) is 0 Å². The van der Waals surface area contributed by atoms with E-state index in [4.69, 9.17) is 0 Å². The van der Waals surface area contributed by atoms with Crippen molar-refractivity contribution in [1.29, 1.82) is 0 Å². The molecule has 0 radical (unpaired) electrons. The van der Waals surface area contributed by atoms with Crippen molar-refractivity contribution in [3.05, 3.63) is 54.1 Å². The summed E-state index contributed by atoms with van der Waals surface area (Å²) in [5.74, 6) is -0.000331. The zero-order valence-corrected chi connectivity index (χ0v) is 11.3. The molecular formula is C15H12F2N2O3. The van der Waals surface area contributed by atoms with Crippen LogP contribution in [0.5, 0.6) is 5.75 Å². The zero-order valence-electron chi connectivity index (χ0n) is 11.3. The first-order chi connectivity index (χ1) is 10.6. The van der Waals surface area contributed by atoms with Gasteiger partial charge in [0.2, 0.25) is 0 Å². The van der Waals surface area contributed by atoms with E-state index in [1.165, 1.54) is 30.3 Å². The molecular weight excluding hydrogens is 294 g/mol. The van der Waals surface area contributed by atoms with Crippen LogP contribution in [0.2, 0.25) is 0 Å². The van der Waals surface area contributed by atoms with E-state index in [2.05, 4.69) is 15.4 Å². The summed E-state index contributed by atoms with van der Waals surface area (Å²) in [7, 11) is 0. The Labute approximate surface area is 124 Å². The van der Waals surface area contributed by atoms with Crippen LogP contribution in [-0.2, 0) is 0 Å². The lowest BCUT2D eigenvalue weighted by Gasteiger charge is -2.09. The number of benzene rings is 2. The van der Waals surface area contributed by atoms with Crippen molar-refractivity contribution in [3.63, 3.8) is 0 Å². The second-order valence-corrected chi connectivity index (χ2v) is 4.23. The van der Waals surface area contributed by atoms with Crippen LogP contribution in [0.1, 0.15) is 10.4 Å². The first kappa shape index (κ1) is 15.4. The highest BCUT2D eigenvalue weighted by atomic mass is 19.3. The van der Waals surface area contributed by atoms with Gasteiger partial charge < -0.3 is 15.4 Å². The Morgan fingerprint density at radius 2 is 1.73 bits per heavy atom. The molecule has 2 amide bonds. The van der Waals surface area contributed by atoms with Crippen molar-refractivity contribution >= 4 is 23.7 Å². The standard InChI is InChI=1S/C15H12F2N2O3/c16-14(17)22-13-6-4-11(5-7-13)18-15(21)19-12-3-1-2-10(8-12)9-20/h1-9,14H,(H2,18,19,21). The highest BCUT2D eigenvalue weighted by molar-refractivity contribution is 6.00. The third kappa shape index (κ3) is 4.55. The first-order valence-corrected chi connectivity index (χ1v) is 6.25. The minimum absolute atomic E-state index is 0.000331. The minimum Gasteiger partial charge on any atom is -0.435 e. The fraction of sp³-hybridized carbons (Fsp3) is 0.0667. The third-order valence-electron chi connectivity index (χ3n) is 2.62. The number of hydrogen-bond donors (Lipinski definition) is 2. The molecule has 0 aliphatic carbocycles. The Morgan fingerprint density at radius 1 is 1.05 bits per heavy atom. The summed E-state index contributed by atoms with van der Waals surface area (Å²) in [5, 5.41) is 5.08. The van der Waals surface area contributed by atoms with Gasteiger partial charge >= 0.3 is 12.6 Å². The van der Waals surface area contributed by atoms with Gasteiger partial charge in [-0.05, 0) is 36.4 Å². The molecule has 0 heterocycles. The van der Waals surface area contributed by atoms with Gasteiger partial charge in [-0.2, -0.15) is 8.78 Å². The maximum atomic E-state index is 12.0. The Balaban J connectivity index is 1.95. The third-order valence-corrected chi connectivity index (χ3v) is 2.62. The van der Waals surface area contributed by atoms with Gasteiger partial charge in [-0.3, -0.25) is 4.79 Å². The first-order valence-electron chi connectivity index (χ1n) is 6.25. The highest BCUT2D eigenvalue weighted by Gasteiger charge is 2.06. The molecule has 0 fully saturated rings. The van der Waals surface area contributed by atoms with Crippen molar-refractivity contribution < 1.29 is 23.1 Å². The van der Waals surface area contributed by atoms with Crippen LogP contribution in [0.25, 0.3) is 0 Å². The number of rotatable bonds is 5. The molecule has 0 aliphatic rings. The Morgan fingerprint density at radius 3 is 2.36 bits per heavy atom. The average molecular weight is 306 g/mol. The van der Waals surface area contributed by atoms with Crippen LogP contribution in [0.3, 0.4) is 0 Å². The van der Waals surface area contributed by atoms with E-state index in [1.54, 1.807) is 18.2 Å². The molecule has 2 N–H and O–H groups in total. The predicted molar refractivity (Wildman–Crippen MR) is 77.5 cm³/mol. The molecule has 0 spiro atoms. The van der Waals surface area contributed by atoms with Gasteiger partial charge in [0.25, 0.3) is 0 Å². The van der Waals surface area contributed by atoms with Crippen LogP contribution in [0.4, 0.5) is 25.0 Å². The van der Waals surface area contributed by atoms with E-state index in [0.717, 1.165) is 0 Å². The maximum absolute atomic E-state index is 12.0. The molecule has 2 aromatic rings. The molecule has 22 heavy (non-hydrogen) atoms. The molecule has 2 aromatic carbocycles. The van der Waals surface area contributed by atoms with Gasteiger partial charge in [0.1, 0.15) is 12.0 Å². The summed E-state index contributed by atoms with van der Waals surface area (Å²) in [4.78, 5) is 22.4. The number of anilines is 2. The van der Waals surface area contributed by atoms with Crippen molar-refractivity contribution in [1.82, 2.24) is 0 Å². The number of nitrogens with one attached hydrogen (secondary N) is 2. The summed E-state index contributed by atoms with van der Waals surface area (Å²) in [6.07, 6.45) is 0.671. The van der Waals surface area contributed by atoms with Crippen LogP contribution >= 0.6 is 0 Å². The lowest BCUT2D eigenvalue weighted by molar-refractivity contribution is -0.0498. The second kappa shape index (κ2) is 7.16. The van der Waals surface area contributed by atoms with Crippen molar-refractivity contribution in [2.75, 3.05) is 10.6 Å². The van der Waals surface area contributed by atoms with Gasteiger partial charge in [-0.1, -0.05) is 12.1 Å². The number of alkyl halides is 2. The van der Waals surface area contributed by atoms with E-state index in [9.17, 15) is 18.4 Å². The summed E-state index contributed by atoms with van der Waals surface area (Å²) in [6.45, 7) is -2.90. The molecule has 114 valence electrons.